The molecule has 0 aliphatic carbocycles. The van der Waals surface area contributed by atoms with Crippen LogP contribution in [0.1, 0.15) is 135 Å². The maximum atomic E-state index is 14.9. The number of benzene rings is 4. The Balaban J connectivity index is 1.22. The molecule has 4 aromatic carbocycles. The van der Waals surface area contributed by atoms with Gasteiger partial charge in [0.15, 0.2) is 11.6 Å². The molecule has 7 N–H and O–H groups in total. The first-order valence-corrected chi connectivity index (χ1v) is 34.5. The van der Waals surface area contributed by atoms with E-state index in [1.54, 1.807) is 94.8 Å². The van der Waals surface area contributed by atoms with E-state index in [-0.39, 0.29) is 75.2 Å². The minimum Gasteiger partial charge on any atom is -0.469 e. The van der Waals surface area contributed by atoms with Crippen LogP contribution in [0.25, 0.3) is 21.2 Å². The molecule has 0 spiro atoms. The standard InChI is InChI=1S/C74H105N11O15/c1-14-46(6)67(61(97-11)41-63(89)85-36-20-25-58(85)69(99-13)47(7)70(92)78-48(8)68(91)53-22-16-15-17-23-53)83(9)73(95)65(44(2)3)81-72(94)66(45(4)5)84(10)74(96)100-43-50-28-26-49(27-29-50)39-59(86)57(34-35-75)80-71(93)55(38-51-30-31-52-21-18-19-24-54(52)37-51)40-60(87)56(32-33-64(90)98-12)79-62(88)42-77-82-76/h15-19,21-24,26-31,37,44-48,55-58,61,65-69,91H,14,20,25,32-36,38-43,75H2,1-13H3,(H,78,92)(H,79,88)(H,80,93)(H,81,94)/t46-,47+,48+,55+,56-,57-,58-,61+,65-,66-,67-,68+,69+/m0/s1. The van der Waals surface area contributed by atoms with Crippen molar-refractivity contribution in [2.45, 2.75) is 187 Å². The van der Waals surface area contributed by atoms with Gasteiger partial charge in [-0.05, 0) is 102 Å². The molecule has 1 aliphatic heterocycles. The van der Waals surface area contributed by atoms with Crippen LogP contribution in [-0.2, 0) is 81.5 Å². The van der Waals surface area contributed by atoms with Crippen LogP contribution in [0.5, 0.6) is 0 Å². The van der Waals surface area contributed by atoms with E-state index >= 15 is 0 Å². The molecule has 0 unspecified atom stereocenters. The van der Waals surface area contributed by atoms with Crippen LogP contribution in [-0.4, -0.2) is 188 Å². The van der Waals surface area contributed by atoms with E-state index in [1.165, 1.54) is 33.3 Å². The molecule has 0 bridgehead atoms. The van der Waals surface area contributed by atoms with Crippen LogP contribution >= 0.6 is 0 Å². The summed E-state index contributed by atoms with van der Waals surface area (Å²) in [6.07, 6.45) is -2.25. The number of aliphatic hydroxyl groups is 1. The van der Waals surface area contributed by atoms with E-state index in [0.717, 1.165) is 16.3 Å². The fourth-order valence-electron chi connectivity index (χ4n) is 13.1. The summed E-state index contributed by atoms with van der Waals surface area (Å²) < 4.78 is 22.6. The highest BCUT2D eigenvalue weighted by atomic mass is 16.6. The number of fused-ring (bicyclic) bond motifs is 1. The Hall–Kier alpha value is -8.81. The summed E-state index contributed by atoms with van der Waals surface area (Å²) in [5.41, 5.74) is 17.3. The average molecular weight is 1390 g/mol. The molecule has 1 heterocycles. The van der Waals surface area contributed by atoms with Crippen LogP contribution in [0.3, 0.4) is 0 Å². The quantitative estimate of drug-likeness (QED) is 0.0111. The van der Waals surface area contributed by atoms with E-state index in [2.05, 4.69) is 31.3 Å². The van der Waals surface area contributed by atoms with Gasteiger partial charge in [-0.15, -0.1) is 0 Å². The maximum absolute atomic E-state index is 14.9. The second kappa shape index (κ2) is 40.4. The Bertz CT molecular complexity index is 3440. The molecule has 1 aliphatic rings. The number of methoxy groups -OCH3 is 3. The van der Waals surface area contributed by atoms with E-state index in [9.17, 15) is 53.1 Å². The number of rotatable bonds is 40. The number of likely N-dealkylation sites (tertiary alicyclic amines) is 1. The molecular formula is C74H105N11O15. The van der Waals surface area contributed by atoms with Crippen LogP contribution in [0.4, 0.5) is 4.79 Å². The first-order chi connectivity index (χ1) is 47.6. The number of ketones is 2. The minimum absolute atomic E-state index is 0.0244. The molecule has 26 nitrogen and oxygen atoms in total. The second-order valence-electron chi connectivity index (χ2n) is 26.8. The number of hydrogen-bond donors (Lipinski definition) is 6. The van der Waals surface area contributed by atoms with E-state index < -0.39 is 139 Å². The van der Waals surface area contributed by atoms with Crippen molar-refractivity contribution in [1.29, 1.82) is 0 Å². The molecule has 26 heteroatoms. The largest absolute Gasteiger partial charge is 0.469 e. The maximum Gasteiger partial charge on any atom is 0.410 e. The van der Waals surface area contributed by atoms with Crippen molar-refractivity contribution < 1.29 is 72.0 Å². The summed E-state index contributed by atoms with van der Waals surface area (Å²) in [5, 5.41) is 27.3. The molecule has 1 fully saturated rings. The lowest BCUT2D eigenvalue weighted by Crippen LogP contribution is -2.60. The number of Topliss-reactive ketones (excluding diaryl/α,β-unsaturated/α-hetero) is 2. The third kappa shape index (κ3) is 23.4. The molecule has 7 amide bonds. The van der Waals surface area contributed by atoms with Gasteiger partial charge in [0.2, 0.25) is 35.4 Å². The number of aliphatic hydroxyl groups excluding tert-OH is 1. The highest BCUT2D eigenvalue weighted by molar-refractivity contribution is 5.96. The lowest BCUT2D eigenvalue weighted by Gasteiger charge is -2.41. The number of carbonyl (C=O) groups is 10. The second-order valence-corrected chi connectivity index (χ2v) is 26.8. The zero-order chi connectivity index (χ0) is 73.9. The number of nitrogens with zero attached hydrogens (tertiary/aromatic N) is 6. The lowest BCUT2D eigenvalue weighted by molar-refractivity contribution is -0.148. The average Bonchev–Trinajstić information content (AvgIpc) is 1.45. The van der Waals surface area contributed by atoms with Gasteiger partial charge in [-0.1, -0.05) is 157 Å². The molecule has 13 atom stereocenters. The summed E-state index contributed by atoms with van der Waals surface area (Å²) in [4.78, 5) is 146. The topological polar surface area (TPSA) is 360 Å². The van der Waals surface area contributed by atoms with E-state index in [4.69, 9.17) is 30.2 Å². The number of ether oxygens (including phenoxy) is 4. The number of likely N-dealkylation sites (N-methyl/N-ethyl adjacent to an activating group) is 2. The minimum atomic E-state index is -1.25. The summed E-state index contributed by atoms with van der Waals surface area (Å²) >= 11 is 0. The van der Waals surface area contributed by atoms with Gasteiger partial charge in [-0.3, -0.25) is 48.1 Å². The Morgan fingerprint density at radius 2 is 1.36 bits per heavy atom. The number of amides is 7. The monoisotopic (exact) mass is 1390 g/mol. The first kappa shape index (κ1) is 81.9. The molecule has 0 aromatic heterocycles. The van der Waals surface area contributed by atoms with Gasteiger partial charge in [0.05, 0.1) is 68.0 Å². The zero-order valence-corrected chi connectivity index (χ0v) is 60.2. The molecule has 5 rings (SSSR count). The highest BCUT2D eigenvalue weighted by Gasteiger charge is 2.44. The fourth-order valence-corrected chi connectivity index (χ4v) is 13.1. The van der Waals surface area contributed by atoms with Crippen molar-refractivity contribution >= 4 is 69.8 Å². The summed E-state index contributed by atoms with van der Waals surface area (Å²) in [7, 11) is 7.27. The molecule has 4 aromatic rings. The lowest BCUT2D eigenvalue weighted by atomic mass is 9.89. The number of nitrogens with one attached hydrogen (secondary N) is 4. The molecular weight excluding hydrogens is 1280 g/mol. The first-order valence-electron chi connectivity index (χ1n) is 34.5. The number of carbonyl (C=O) groups excluding carboxylic acids is 10. The molecule has 0 saturated carbocycles. The Kier molecular flexibility index (Phi) is 33.1. The van der Waals surface area contributed by atoms with Crippen LogP contribution < -0.4 is 27.0 Å². The SMILES string of the molecule is CC[C@H](C)[C@@H]([C@@H](CC(=O)N1CCC[C@H]1[C@H](OC)[C@@H](C)C(=O)N[C@H](C)[C@@H](O)c1ccccc1)OC)N(C)C(=O)[C@@H](NC(=O)[C@H](C(C)C)N(C)C(=O)OCc1ccc(CC(=O)[C@H](CCN)NC(=O)[C@@H](CC(=O)[C@H](CCC(=O)OC)NC(=O)CN=[N+]=[N-])Cc2ccc3ccccc3c2)cc1)C(C)C. The Morgan fingerprint density at radius 1 is 0.720 bits per heavy atom. The smallest absolute Gasteiger partial charge is 0.410 e. The van der Waals surface area contributed by atoms with Crippen LogP contribution in [0.2, 0.25) is 0 Å². The van der Waals surface area contributed by atoms with Crippen LogP contribution in [0, 0.1) is 29.6 Å². The predicted octanol–water partition coefficient (Wildman–Crippen LogP) is 7.24. The van der Waals surface area contributed by atoms with Gasteiger partial charge in [0.25, 0.3) is 0 Å². The molecule has 546 valence electrons. The van der Waals surface area contributed by atoms with Gasteiger partial charge in [-0.2, -0.15) is 0 Å². The van der Waals surface area contributed by atoms with E-state index in [0.29, 0.717) is 42.5 Å². The summed E-state index contributed by atoms with van der Waals surface area (Å²) in [6.45, 7) is 14.2. The normalized spacial score (nSPS) is 16.5. The van der Waals surface area contributed by atoms with Crippen molar-refractivity contribution in [2.75, 3.05) is 55.1 Å². The summed E-state index contributed by atoms with van der Waals surface area (Å²) in [5.74, 6) is -7.37. The predicted molar refractivity (Wildman–Crippen MR) is 377 cm³/mol. The number of esters is 1. The van der Waals surface area contributed by atoms with Crippen molar-refractivity contribution in [3.05, 3.63) is 130 Å². The fraction of sp³-hybridized carbons (Fsp3) is 0.568. The van der Waals surface area contributed by atoms with Crippen LogP contribution in [0.15, 0.2) is 102 Å². The van der Waals surface area contributed by atoms with Gasteiger partial charge < -0.3 is 60.9 Å². The van der Waals surface area contributed by atoms with Gasteiger partial charge >= 0.3 is 12.1 Å². The number of nitrogens with two attached hydrogens (primary N) is 1. The number of azide groups is 1. The van der Waals surface area contributed by atoms with Gasteiger partial charge in [-0.25, -0.2) is 4.79 Å². The highest BCUT2D eigenvalue weighted by Crippen LogP contribution is 2.31. The molecule has 0 radical (unpaired) electrons. The summed E-state index contributed by atoms with van der Waals surface area (Å²) in [6, 6.07) is 22.8. The Labute approximate surface area is 587 Å². The van der Waals surface area contributed by atoms with Gasteiger partial charge in [0, 0.05) is 65.0 Å². The van der Waals surface area contributed by atoms with Crippen molar-refractivity contribution in [3.8, 4) is 0 Å². The van der Waals surface area contributed by atoms with E-state index in [1.807, 2.05) is 74.5 Å². The number of hydrogen-bond acceptors (Lipinski definition) is 17. The van der Waals surface area contributed by atoms with Crippen molar-refractivity contribution in [1.82, 2.24) is 36.0 Å². The van der Waals surface area contributed by atoms with Gasteiger partial charge in [0.1, 0.15) is 25.2 Å². The molecule has 1 saturated heterocycles. The van der Waals surface area contributed by atoms with Crippen molar-refractivity contribution in [3.63, 3.8) is 0 Å². The van der Waals surface area contributed by atoms with Crippen molar-refractivity contribution in [2.24, 2.45) is 40.4 Å². The third-order valence-electron chi connectivity index (χ3n) is 19.0. The third-order valence-corrected chi connectivity index (χ3v) is 19.0. The zero-order valence-electron chi connectivity index (χ0n) is 60.2. The molecule has 100 heavy (non-hydrogen) atoms. The Morgan fingerprint density at radius 3 is 1.97 bits per heavy atom.